The average Bonchev–Trinajstić information content (AvgIpc) is 2.34. The van der Waals surface area contributed by atoms with Crippen LogP contribution in [0.15, 0.2) is 0 Å². The first-order valence-corrected chi connectivity index (χ1v) is 8.74. The maximum atomic E-state index is 8.53. The molecule has 0 fully saturated rings. The zero-order valence-corrected chi connectivity index (χ0v) is 12.8. The van der Waals surface area contributed by atoms with E-state index in [-0.39, 0.29) is 29.6 Å². The summed E-state index contributed by atoms with van der Waals surface area (Å²) in [4.78, 5) is 17.1. The normalized spacial score (nSPS) is 10.7. The van der Waals surface area contributed by atoms with E-state index in [1.807, 2.05) is 0 Å². The quantitative estimate of drug-likeness (QED) is 0.286. The van der Waals surface area contributed by atoms with E-state index in [9.17, 15) is 0 Å². The fourth-order valence-corrected chi connectivity index (χ4v) is 2.38. The Morgan fingerprint density at radius 2 is 1.05 bits per heavy atom. The summed E-state index contributed by atoms with van der Waals surface area (Å²) in [6.45, 7) is 2.74. The number of hydrogen-bond acceptors (Lipinski definition) is 3. The number of rotatable bonds is 14. The van der Waals surface area contributed by atoms with Gasteiger partial charge in [0.15, 0.2) is 0 Å². The molecule has 0 atom stereocenters. The fraction of sp³-hybridized carbons (Fsp3) is 1.00. The van der Waals surface area contributed by atoms with Crippen molar-refractivity contribution in [1.82, 2.24) is 0 Å². The molecule has 0 aromatic rings. The van der Waals surface area contributed by atoms with Crippen LogP contribution in [0.3, 0.4) is 0 Å². The molecule has 0 aliphatic carbocycles. The Bertz CT molecular complexity index is 160. The van der Waals surface area contributed by atoms with E-state index in [0.29, 0.717) is 6.61 Å². The molecule has 0 saturated carbocycles. The predicted octanol–water partition coefficient (Wildman–Crippen LogP) is 4.27. The summed E-state index contributed by atoms with van der Waals surface area (Å²) in [5, 5.41) is 0. The second-order valence-electron chi connectivity index (χ2n) is 4.98. The Kier molecular flexibility index (Phi) is 23.0. The van der Waals surface area contributed by atoms with Gasteiger partial charge in [0.1, 0.15) is 0 Å². The van der Waals surface area contributed by atoms with E-state index < -0.39 is 8.60 Å². The van der Waals surface area contributed by atoms with Crippen LogP contribution in [0.1, 0.15) is 84.0 Å². The molecule has 0 amide bonds. The van der Waals surface area contributed by atoms with Crippen molar-refractivity contribution >= 4 is 38.2 Å². The van der Waals surface area contributed by atoms with Crippen LogP contribution in [0.2, 0.25) is 0 Å². The molecule has 2 N–H and O–H groups in total. The van der Waals surface area contributed by atoms with Gasteiger partial charge in [-0.15, -0.1) is 0 Å². The molecule has 0 aromatic heterocycles. The van der Waals surface area contributed by atoms with E-state index in [1.165, 1.54) is 64.2 Å². The van der Waals surface area contributed by atoms with Crippen molar-refractivity contribution in [2.24, 2.45) is 0 Å². The fourth-order valence-electron chi connectivity index (χ4n) is 2.09. The summed E-state index contributed by atoms with van der Waals surface area (Å²) in [6.07, 6.45) is 15.7. The van der Waals surface area contributed by atoms with E-state index in [1.54, 1.807) is 0 Å². The third kappa shape index (κ3) is 21.8. The van der Waals surface area contributed by atoms with Gasteiger partial charge in [0.05, 0.1) is 6.61 Å². The minimum absolute atomic E-state index is 0. The van der Waals surface area contributed by atoms with Gasteiger partial charge in [-0.05, 0) is 6.42 Å². The summed E-state index contributed by atoms with van der Waals surface area (Å²) in [5.74, 6) is 0. The molecule has 0 aliphatic rings. The third-order valence-electron chi connectivity index (χ3n) is 3.20. The average molecular weight is 302 g/mol. The topological polar surface area (TPSA) is 49.7 Å². The van der Waals surface area contributed by atoms with Gasteiger partial charge in [-0.3, -0.25) is 0 Å². The van der Waals surface area contributed by atoms with Gasteiger partial charge in [0, 0.05) is 0 Å². The van der Waals surface area contributed by atoms with Crippen LogP contribution >= 0.6 is 8.60 Å². The summed E-state index contributed by atoms with van der Waals surface area (Å²) in [5.41, 5.74) is 0. The monoisotopic (exact) mass is 302 g/mol. The van der Waals surface area contributed by atoms with Crippen LogP contribution in [-0.2, 0) is 4.52 Å². The molecule has 0 spiro atoms. The molecule has 112 valence electrons. The second kappa shape index (κ2) is 19.3. The van der Waals surface area contributed by atoms with E-state index in [2.05, 4.69) is 6.92 Å². The molecule has 0 unspecified atom stereocenters. The summed E-state index contributed by atoms with van der Waals surface area (Å²) in [7, 11) is -2.14. The zero-order chi connectivity index (χ0) is 13.5. The van der Waals surface area contributed by atoms with Gasteiger partial charge < -0.3 is 14.3 Å². The minimum atomic E-state index is -2.14. The number of unbranched alkanes of at least 4 members (excludes halogenated alkanes) is 11. The summed E-state index contributed by atoms with van der Waals surface area (Å²) >= 11 is 0. The Hall–Kier alpha value is 1.31. The van der Waals surface area contributed by atoms with Gasteiger partial charge in [-0.2, -0.15) is 0 Å². The third-order valence-corrected chi connectivity index (χ3v) is 3.62. The Morgan fingerprint density at radius 1 is 0.684 bits per heavy atom. The summed E-state index contributed by atoms with van der Waals surface area (Å²) < 4.78 is 4.71. The van der Waals surface area contributed by atoms with Crippen LogP contribution in [-0.4, -0.2) is 46.0 Å². The van der Waals surface area contributed by atoms with Gasteiger partial charge in [0.25, 0.3) is 0 Å². The standard InChI is InChI=1S/C14H31O3P.Na.H/c1-2-3-4-5-6-7-8-9-10-11-12-13-14-17-18(15)16;;/h15-16H,2-14H2,1H3;;. The van der Waals surface area contributed by atoms with Gasteiger partial charge in [-0.25, -0.2) is 0 Å². The molecule has 0 heterocycles. The van der Waals surface area contributed by atoms with Crippen molar-refractivity contribution in [2.75, 3.05) is 6.61 Å². The van der Waals surface area contributed by atoms with Crippen molar-refractivity contribution < 1.29 is 14.3 Å². The first-order valence-electron chi connectivity index (χ1n) is 7.58. The van der Waals surface area contributed by atoms with Crippen molar-refractivity contribution in [3.8, 4) is 0 Å². The van der Waals surface area contributed by atoms with Gasteiger partial charge in [0.2, 0.25) is 0 Å². The van der Waals surface area contributed by atoms with Gasteiger partial charge in [-0.1, -0.05) is 77.6 Å². The van der Waals surface area contributed by atoms with Crippen molar-refractivity contribution in [3.63, 3.8) is 0 Å². The maximum absolute atomic E-state index is 8.53. The Balaban J connectivity index is 0. The zero-order valence-electron chi connectivity index (χ0n) is 11.9. The number of hydrogen-bond donors (Lipinski definition) is 2. The first kappa shape index (κ1) is 22.6. The van der Waals surface area contributed by atoms with Crippen LogP contribution in [0.5, 0.6) is 0 Å². The van der Waals surface area contributed by atoms with Crippen LogP contribution in [0.4, 0.5) is 0 Å². The van der Waals surface area contributed by atoms with Crippen LogP contribution in [0, 0.1) is 0 Å². The Morgan fingerprint density at radius 3 is 1.42 bits per heavy atom. The Labute approximate surface area is 142 Å². The molecule has 0 aromatic carbocycles. The molecule has 0 rings (SSSR count). The van der Waals surface area contributed by atoms with Crippen molar-refractivity contribution in [3.05, 3.63) is 0 Å². The summed E-state index contributed by atoms with van der Waals surface area (Å²) in [6, 6.07) is 0. The molecular formula is C14H32NaO3P. The molecule has 19 heavy (non-hydrogen) atoms. The molecule has 0 radical (unpaired) electrons. The molecule has 0 saturated heterocycles. The molecule has 0 bridgehead atoms. The van der Waals surface area contributed by atoms with Gasteiger partial charge >= 0.3 is 38.2 Å². The molecular weight excluding hydrogens is 270 g/mol. The van der Waals surface area contributed by atoms with E-state index in [0.717, 1.165) is 12.8 Å². The van der Waals surface area contributed by atoms with Crippen molar-refractivity contribution in [2.45, 2.75) is 84.0 Å². The first-order chi connectivity index (χ1) is 8.77. The van der Waals surface area contributed by atoms with E-state index >= 15 is 0 Å². The second-order valence-corrected chi connectivity index (χ2v) is 5.74. The van der Waals surface area contributed by atoms with Crippen molar-refractivity contribution in [1.29, 1.82) is 0 Å². The SMILES string of the molecule is CCCCCCCCCCCCCCOP(O)O.[NaH]. The van der Waals surface area contributed by atoms with Crippen LogP contribution in [0.25, 0.3) is 0 Å². The van der Waals surface area contributed by atoms with Crippen LogP contribution < -0.4 is 0 Å². The molecule has 0 aliphatic heterocycles. The van der Waals surface area contributed by atoms with E-state index in [4.69, 9.17) is 14.3 Å². The molecule has 3 nitrogen and oxygen atoms in total. The predicted molar refractivity (Wildman–Crippen MR) is 85.5 cm³/mol. The molecule has 5 heteroatoms.